The number of thiazole rings is 1. The number of nitrogens with zero attached hydrogens (tertiary/aromatic N) is 5. The summed E-state index contributed by atoms with van der Waals surface area (Å²) in [5, 5.41) is 11.7. The molecule has 4 aromatic carbocycles. The molecular formula is C36H29N5O3S. The first kappa shape index (κ1) is 28.2. The number of ether oxygens (including phenoxy) is 2. The van der Waals surface area contributed by atoms with Crippen molar-refractivity contribution in [1.29, 1.82) is 0 Å². The summed E-state index contributed by atoms with van der Waals surface area (Å²) >= 11 is 1.30. The van der Waals surface area contributed by atoms with Crippen LogP contribution in [0.1, 0.15) is 30.3 Å². The van der Waals surface area contributed by atoms with Gasteiger partial charge in [-0.3, -0.25) is 4.79 Å². The van der Waals surface area contributed by atoms with Crippen LogP contribution in [0.15, 0.2) is 102 Å². The molecule has 0 saturated carbocycles. The first-order chi connectivity index (χ1) is 22.1. The summed E-state index contributed by atoms with van der Waals surface area (Å²) in [7, 11) is 1.62. The van der Waals surface area contributed by atoms with Gasteiger partial charge in [0, 0.05) is 17.3 Å². The minimum Gasteiger partial charge on any atom is -0.493 e. The predicted octanol–water partition coefficient (Wildman–Crippen LogP) is 6.67. The lowest BCUT2D eigenvalue weighted by Crippen LogP contribution is -2.23. The highest BCUT2D eigenvalue weighted by atomic mass is 32.1. The molecule has 7 aromatic rings. The molecule has 0 aliphatic rings. The molecule has 0 radical (unpaired) electrons. The molecule has 0 bridgehead atoms. The zero-order chi connectivity index (χ0) is 30.8. The quantitative estimate of drug-likeness (QED) is 0.181. The van der Waals surface area contributed by atoms with Crippen LogP contribution < -0.4 is 19.6 Å². The zero-order valence-electron chi connectivity index (χ0n) is 24.8. The van der Waals surface area contributed by atoms with Crippen LogP contribution in [0.5, 0.6) is 11.5 Å². The van der Waals surface area contributed by atoms with Crippen molar-refractivity contribution in [2.24, 2.45) is 0 Å². The fourth-order valence-corrected chi connectivity index (χ4v) is 6.02. The Morgan fingerprint density at radius 1 is 0.867 bits per heavy atom. The summed E-state index contributed by atoms with van der Waals surface area (Å²) in [5.41, 5.74) is 4.20. The molecule has 0 atom stereocenters. The lowest BCUT2D eigenvalue weighted by molar-refractivity contribution is 0.294. The Balaban J connectivity index is 1.24. The van der Waals surface area contributed by atoms with E-state index in [1.807, 2.05) is 83.7 Å². The van der Waals surface area contributed by atoms with E-state index in [1.165, 1.54) is 15.9 Å². The van der Waals surface area contributed by atoms with E-state index in [4.69, 9.17) is 14.6 Å². The molecule has 7 rings (SSSR count). The van der Waals surface area contributed by atoms with Gasteiger partial charge >= 0.3 is 0 Å². The average Bonchev–Trinajstić information content (AvgIpc) is 3.77. The molecule has 3 heterocycles. The maximum atomic E-state index is 13.5. The largest absolute Gasteiger partial charge is 0.493 e. The average molecular weight is 612 g/mol. The second-order valence-electron chi connectivity index (χ2n) is 10.4. The molecule has 222 valence electrons. The van der Waals surface area contributed by atoms with Crippen molar-refractivity contribution in [2.75, 3.05) is 13.7 Å². The summed E-state index contributed by atoms with van der Waals surface area (Å²) in [5.74, 6) is 1.81. The molecule has 0 N–H and O–H groups in total. The normalized spacial score (nSPS) is 12.1. The maximum absolute atomic E-state index is 13.5. The lowest BCUT2D eigenvalue weighted by Gasteiger charge is -2.10. The van der Waals surface area contributed by atoms with Crippen molar-refractivity contribution in [1.82, 2.24) is 24.4 Å². The minimum atomic E-state index is -0.224. The zero-order valence-corrected chi connectivity index (χ0v) is 25.6. The number of para-hydroxylation sites is 1. The monoisotopic (exact) mass is 611 g/mol. The maximum Gasteiger partial charge on any atom is 0.291 e. The highest BCUT2D eigenvalue weighted by Crippen LogP contribution is 2.30. The molecule has 8 nitrogen and oxygen atoms in total. The Labute approximate surface area is 263 Å². The van der Waals surface area contributed by atoms with E-state index in [2.05, 4.69) is 47.3 Å². The van der Waals surface area contributed by atoms with Crippen LogP contribution in [0, 0.1) is 0 Å². The van der Waals surface area contributed by atoms with E-state index in [1.54, 1.807) is 13.2 Å². The van der Waals surface area contributed by atoms with Gasteiger partial charge in [0.25, 0.3) is 5.56 Å². The van der Waals surface area contributed by atoms with Gasteiger partial charge in [-0.2, -0.15) is 14.6 Å². The third-order valence-electron chi connectivity index (χ3n) is 7.35. The third-order valence-corrected chi connectivity index (χ3v) is 8.30. The molecule has 0 aliphatic heterocycles. The number of hydrogen-bond acceptors (Lipinski definition) is 7. The number of fused-ring (bicyclic) bond motifs is 2. The fourth-order valence-electron chi connectivity index (χ4n) is 5.12. The Hall–Kier alpha value is -5.54. The second kappa shape index (κ2) is 12.2. The third kappa shape index (κ3) is 5.73. The van der Waals surface area contributed by atoms with Crippen molar-refractivity contribution in [3.05, 3.63) is 129 Å². The van der Waals surface area contributed by atoms with Crippen LogP contribution in [-0.2, 0) is 0 Å². The number of aromatic nitrogens is 5. The SMILES string of the molecule is CCCOc1ccc(/C=C/c2nc3s/c(=C\c4cn(-c5ccccc5)nc4-c4ccc5ccccc5c4)c(=O)n3n2)cc1OC. The molecule has 0 fully saturated rings. The standard InChI is InChI=1S/C36H29N5O3S/c1-3-19-44-30-17-13-24(20-31(30)43-2)14-18-33-37-36-41(38-33)35(42)32(45-36)22-28-23-40(29-11-5-4-6-12-29)39-34(28)27-16-15-25-9-7-8-10-26(25)21-27/h4-18,20-23H,3,19H2,1-2H3/b18-14+,32-22-. The van der Waals surface area contributed by atoms with E-state index in [0.717, 1.165) is 45.3 Å². The van der Waals surface area contributed by atoms with Gasteiger partial charge in [0.2, 0.25) is 4.96 Å². The van der Waals surface area contributed by atoms with Gasteiger partial charge in [-0.15, -0.1) is 5.10 Å². The summed E-state index contributed by atoms with van der Waals surface area (Å²) in [6, 6.07) is 30.2. The van der Waals surface area contributed by atoms with Crippen molar-refractivity contribution in [3.8, 4) is 28.4 Å². The molecule has 9 heteroatoms. The highest BCUT2D eigenvalue weighted by molar-refractivity contribution is 7.15. The number of benzene rings is 4. The second-order valence-corrected chi connectivity index (χ2v) is 11.5. The van der Waals surface area contributed by atoms with Crippen molar-refractivity contribution < 1.29 is 9.47 Å². The van der Waals surface area contributed by atoms with Crippen LogP contribution in [0.25, 0.3) is 50.9 Å². The van der Waals surface area contributed by atoms with E-state index in [0.29, 0.717) is 33.4 Å². The van der Waals surface area contributed by atoms with Crippen LogP contribution in [0.4, 0.5) is 0 Å². The number of rotatable bonds is 9. The first-order valence-corrected chi connectivity index (χ1v) is 15.5. The van der Waals surface area contributed by atoms with Crippen LogP contribution in [0.3, 0.4) is 0 Å². The Morgan fingerprint density at radius 3 is 2.49 bits per heavy atom. The van der Waals surface area contributed by atoms with E-state index >= 15 is 0 Å². The molecule has 0 spiro atoms. The Bertz CT molecular complexity index is 2290. The van der Waals surface area contributed by atoms with Crippen LogP contribution in [0.2, 0.25) is 0 Å². The van der Waals surface area contributed by atoms with E-state index in [9.17, 15) is 4.79 Å². The van der Waals surface area contributed by atoms with Gasteiger partial charge in [0.15, 0.2) is 17.3 Å². The molecule has 3 aromatic heterocycles. The fraction of sp³-hybridized carbons (Fsp3) is 0.111. The molecule has 0 saturated heterocycles. The number of methoxy groups -OCH3 is 1. The van der Waals surface area contributed by atoms with Crippen molar-refractivity contribution in [2.45, 2.75) is 13.3 Å². The van der Waals surface area contributed by atoms with Crippen LogP contribution >= 0.6 is 11.3 Å². The molecule has 45 heavy (non-hydrogen) atoms. The Morgan fingerprint density at radius 2 is 1.69 bits per heavy atom. The number of hydrogen-bond donors (Lipinski definition) is 0. The van der Waals surface area contributed by atoms with E-state index < -0.39 is 0 Å². The molecule has 0 aliphatic carbocycles. The molecular weight excluding hydrogens is 582 g/mol. The Kier molecular flexibility index (Phi) is 7.67. The van der Waals surface area contributed by atoms with Gasteiger partial charge in [0.1, 0.15) is 5.69 Å². The first-order valence-electron chi connectivity index (χ1n) is 14.6. The summed E-state index contributed by atoms with van der Waals surface area (Å²) in [6.07, 6.45) is 8.42. The summed E-state index contributed by atoms with van der Waals surface area (Å²) in [4.78, 5) is 18.6. The lowest BCUT2D eigenvalue weighted by atomic mass is 10.0. The van der Waals surface area contributed by atoms with Crippen molar-refractivity contribution in [3.63, 3.8) is 0 Å². The van der Waals surface area contributed by atoms with Gasteiger partial charge in [-0.05, 0) is 65.2 Å². The van der Waals surface area contributed by atoms with Gasteiger partial charge < -0.3 is 9.47 Å². The highest BCUT2D eigenvalue weighted by Gasteiger charge is 2.14. The topological polar surface area (TPSA) is 83.5 Å². The summed E-state index contributed by atoms with van der Waals surface area (Å²) < 4.78 is 15.0. The van der Waals surface area contributed by atoms with Gasteiger partial charge in [-0.25, -0.2) is 4.68 Å². The molecule has 0 unspecified atom stereocenters. The van der Waals surface area contributed by atoms with E-state index in [-0.39, 0.29) is 5.56 Å². The van der Waals surface area contributed by atoms with Gasteiger partial charge in [0.05, 0.1) is 23.9 Å². The van der Waals surface area contributed by atoms with Crippen LogP contribution in [-0.4, -0.2) is 38.1 Å². The predicted molar refractivity (Wildman–Crippen MR) is 180 cm³/mol. The smallest absolute Gasteiger partial charge is 0.291 e. The molecule has 0 amide bonds. The van der Waals surface area contributed by atoms with Crippen molar-refractivity contribution >= 4 is 45.3 Å². The summed E-state index contributed by atoms with van der Waals surface area (Å²) in [6.45, 7) is 2.68. The van der Waals surface area contributed by atoms with Gasteiger partial charge in [-0.1, -0.05) is 85.0 Å². The minimum absolute atomic E-state index is 0.224.